The molecule has 1 aliphatic heterocycles. The van der Waals surface area contributed by atoms with Crippen LogP contribution in [-0.2, 0) is 4.79 Å². The predicted molar refractivity (Wildman–Crippen MR) is 80.1 cm³/mol. The van der Waals surface area contributed by atoms with Gasteiger partial charge in [-0.15, -0.1) is 0 Å². The minimum absolute atomic E-state index is 0.0402. The van der Waals surface area contributed by atoms with E-state index in [0.717, 1.165) is 50.9 Å². The number of carboxylic acid groups (broad SMARTS) is 1. The highest BCUT2D eigenvalue weighted by Crippen LogP contribution is 2.33. The maximum absolute atomic E-state index is 12.4. The standard InChI is InChI=1S/C14H24N2O3S/c1-2-11-10-16(7-8-20-11)13(19)15-14(9-12(17)18)5-3-4-6-14/h11H,2-10H2,1H3,(H,15,19)(H,17,18). The molecule has 2 amide bonds. The summed E-state index contributed by atoms with van der Waals surface area (Å²) in [5.74, 6) is 0.144. The van der Waals surface area contributed by atoms with E-state index in [1.54, 1.807) is 0 Å². The molecule has 1 heterocycles. The molecule has 0 spiro atoms. The van der Waals surface area contributed by atoms with Crippen LogP contribution in [0.3, 0.4) is 0 Å². The molecule has 20 heavy (non-hydrogen) atoms. The molecule has 1 atom stereocenters. The number of carbonyl (C=O) groups excluding carboxylic acids is 1. The van der Waals surface area contributed by atoms with Crippen LogP contribution >= 0.6 is 11.8 Å². The zero-order chi connectivity index (χ0) is 14.6. The van der Waals surface area contributed by atoms with Crippen LogP contribution in [-0.4, -0.2) is 51.6 Å². The van der Waals surface area contributed by atoms with Crippen molar-refractivity contribution in [3.63, 3.8) is 0 Å². The number of hydrogen-bond acceptors (Lipinski definition) is 3. The monoisotopic (exact) mass is 300 g/mol. The van der Waals surface area contributed by atoms with Crippen LogP contribution in [0.1, 0.15) is 45.4 Å². The second-order valence-electron chi connectivity index (χ2n) is 5.84. The third-order valence-corrected chi connectivity index (χ3v) is 5.68. The molecule has 0 aromatic heterocycles. The predicted octanol–water partition coefficient (Wildman–Crippen LogP) is 2.31. The zero-order valence-corrected chi connectivity index (χ0v) is 12.9. The van der Waals surface area contributed by atoms with E-state index in [4.69, 9.17) is 5.11 Å². The summed E-state index contributed by atoms with van der Waals surface area (Å²) in [5.41, 5.74) is -0.519. The minimum Gasteiger partial charge on any atom is -0.481 e. The van der Waals surface area contributed by atoms with Crippen molar-refractivity contribution in [3.05, 3.63) is 0 Å². The van der Waals surface area contributed by atoms with Crippen LogP contribution in [0.5, 0.6) is 0 Å². The van der Waals surface area contributed by atoms with Gasteiger partial charge in [-0.25, -0.2) is 4.79 Å². The first-order valence-electron chi connectivity index (χ1n) is 7.45. The van der Waals surface area contributed by atoms with Crippen LogP contribution in [0.4, 0.5) is 4.79 Å². The van der Waals surface area contributed by atoms with E-state index in [1.807, 2.05) is 16.7 Å². The normalized spacial score (nSPS) is 25.4. The Bertz CT molecular complexity index is 369. The summed E-state index contributed by atoms with van der Waals surface area (Å²) in [7, 11) is 0. The summed E-state index contributed by atoms with van der Waals surface area (Å²) < 4.78 is 0. The van der Waals surface area contributed by atoms with Gasteiger partial charge in [-0.2, -0.15) is 11.8 Å². The average molecular weight is 300 g/mol. The first kappa shape index (κ1) is 15.5. The lowest BCUT2D eigenvalue weighted by Gasteiger charge is -2.36. The lowest BCUT2D eigenvalue weighted by atomic mass is 9.93. The molecule has 0 aromatic rings. The number of hydrogen-bond donors (Lipinski definition) is 2. The molecule has 0 bridgehead atoms. The maximum Gasteiger partial charge on any atom is 0.317 e. The van der Waals surface area contributed by atoms with E-state index in [-0.39, 0.29) is 12.5 Å². The maximum atomic E-state index is 12.4. The Labute approximate surface area is 124 Å². The molecule has 2 rings (SSSR count). The molecule has 0 aromatic carbocycles. The summed E-state index contributed by atoms with van der Waals surface area (Å²) >= 11 is 1.92. The van der Waals surface area contributed by atoms with Gasteiger partial charge in [0.1, 0.15) is 0 Å². The fourth-order valence-corrected chi connectivity index (χ4v) is 4.32. The molecule has 2 N–H and O–H groups in total. The summed E-state index contributed by atoms with van der Waals surface area (Å²) in [4.78, 5) is 25.3. The molecule has 5 nitrogen and oxygen atoms in total. The van der Waals surface area contributed by atoms with Gasteiger partial charge in [-0.3, -0.25) is 4.79 Å². The molecule has 1 unspecified atom stereocenters. The van der Waals surface area contributed by atoms with Crippen LogP contribution < -0.4 is 5.32 Å². The molecule has 6 heteroatoms. The SMILES string of the molecule is CCC1CN(C(=O)NC2(CC(=O)O)CCCC2)CCS1. The molecule has 2 aliphatic rings. The Morgan fingerprint density at radius 3 is 2.70 bits per heavy atom. The number of rotatable bonds is 4. The quantitative estimate of drug-likeness (QED) is 0.836. The molecular formula is C14H24N2O3S. The van der Waals surface area contributed by atoms with Gasteiger partial charge in [-0.05, 0) is 19.3 Å². The molecule has 2 fully saturated rings. The molecular weight excluding hydrogens is 276 g/mol. The molecule has 1 aliphatic carbocycles. The summed E-state index contributed by atoms with van der Waals surface area (Å²) in [5, 5.41) is 12.6. The third-order valence-electron chi connectivity index (χ3n) is 4.30. The van der Waals surface area contributed by atoms with Crippen molar-refractivity contribution in [1.82, 2.24) is 10.2 Å². The topological polar surface area (TPSA) is 69.6 Å². The Kier molecular flexibility index (Phi) is 5.18. The van der Waals surface area contributed by atoms with Crippen LogP contribution in [0.2, 0.25) is 0 Å². The van der Waals surface area contributed by atoms with E-state index in [9.17, 15) is 9.59 Å². The fraction of sp³-hybridized carbons (Fsp3) is 0.857. The number of aliphatic carboxylic acids is 1. The van der Waals surface area contributed by atoms with Crippen molar-refractivity contribution in [2.75, 3.05) is 18.8 Å². The molecule has 0 radical (unpaired) electrons. The third kappa shape index (κ3) is 3.81. The first-order chi connectivity index (χ1) is 9.54. The Hall–Kier alpha value is -0.910. The van der Waals surface area contributed by atoms with Crippen molar-refractivity contribution >= 4 is 23.8 Å². The fourth-order valence-electron chi connectivity index (χ4n) is 3.14. The van der Waals surface area contributed by atoms with Crippen LogP contribution in [0, 0.1) is 0 Å². The van der Waals surface area contributed by atoms with Gasteiger partial charge in [0, 0.05) is 24.1 Å². The highest BCUT2D eigenvalue weighted by atomic mass is 32.2. The lowest BCUT2D eigenvalue weighted by Crippen LogP contribution is -2.55. The van der Waals surface area contributed by atoms with Crippen LogP contribution in [0.15, 0.2) is 0 Å². The number of carbonyl (C=O) groups is 2. The van der Waals surface area contributed by atoms with E-state index < -0.39 is 11.5 Å². The van der Waals surface area contributed by atoms with E-state index in [0.29, 0.717) is 5.25 Å². The Morgan fingerprint density at radius 1 is 1.40 bits per heavy atom. The van der Waals surface area contributed by atoms with Crippen molar-refractivity contribution in [2.24, 2.45) is 0 Å². The van der Waals surface area contributed by atoms with Crippen molar-refractivity contribution < 1.29 is 14.7 Å². The van der Waals surface area contributed by atoms with Gasteiger partial charge in [0.25, 0.3) is 0 Å². The zero-order valence-electron chi connectivity index (χ0n) is 12.1. The Balaban J connectivity index is 1.96. The van der Waals surface area contributed by atoms with E-state index in [2.05, 4.69) is 12.2 Å². The molecule has 114 valence electrons. The van der Waals surface area contributed by atoms with Crippen molar-refractivity contribution in [2.45, 2.75) is 56.2 Å². The largest absolute Gasteiger partial charge is 0.481 e. The lowest BCUT2D eigenvalue weighted by molar-refractivity contribution is -0.138. The van der Waals surface area contributed by atoms with E-state index >= 15 is 0 Å². The number of amides is 2. The number of carboxylic acids is 1. The minimum atomic E-state index is -0.826. The average Bonchev–Trinajstić information content (AvgIpc) is 2.86. The number of thioether (sulfide) groups is 1. The van der Waals surface area contributed by atoms with Gasteiger partial charge in [-0.1, -0.05) is 19.8 Å². The highest BCUT2D eigenvalue weighted by Gasteiger charge is 2.38. The molecule has 1 saturated carbocycles. The number of urea groups is 1. The summed E-state index contributed by atoms with van der Waals surface area (Å²) in [6.45, 7) is 3.67. The first-order valence-corrected chi connectivity index (χ1v) is 8.50. The van der Waals surface area contributed by atoms with Gasteiger partial charge in [0.2, 0.25) is 0 Å². The Morgan fingerprint density at radius 2 is 2.10 bits per heavy atom. The van der Waals surface area contributed by atoms with E-state index in [1.165, 1.54) is 0 Å². The second-order valence-corrected chi connectivity index (χ2v) is 7.24. The summed E-state index contributed by atoms with van der Waals surface area (Å²) in [6.07, 6.45) is 4.67. The van der Waals surface area contributed by atoms with Gasteiger partial charge >= 0.3 is 12.0 Å². The van der Waals surface area contributed by atoms with Crippen molar-refractivity contribution in [1.29, 1.82) is 0 Å². The highest BCUT2D eigenvalue weighted by molar-refractivity contribution is 8.00. The van der Waals surface area contributed by atoms with Gasteiger partial charge in [0.15, 0.2) is 0 Å². The van der Waals surface area contributed by atoms with Crippen molar-refractivity contribution in [3.8, 4) is 0 Å². The smallest absolute Gasteiger partial charge is 0.317 e. The van der Waals surface area contributed by atoms with Crippen LogP contribution in [0.25, 0.3) is 0 Å². The second kappa shape index (κ2) is 6.70. The number of nitrogens with one attached hydrogen (secondary N) is 1. The molecule has 1 saturated heterocycles. The summed E-state index contributed by atoms with van der Waals surface area (Å²) in [6, 6.07) is -0.0769. The number of nitrogens with zero attached hydrogens (tertiary/aromatic N) is 1. The van der Waals surface area contributed by atoms with Gasteiger partial charge in [0.05, 0.1) is 12.0 Å². The van der Waals surface area contributed by atoms with Gasteiger partial charge < -0.3 is 15.3 Å².